The van der Waals surface area contributed by atoms with Crippen LogP contribution in [0.1, 0.15) is 50.4 Å². The van der Waals surface area contributed by atoms with Crippen molar-refractivity contribution in [2.45, 2.75) is 56.6 Å². The minimum atomic E-state index is -1.92. The van der Waals surface area contributed by atoms with Crippen molar-refractivity contribution in [1.82, 2.24) is 4.98 Å². The summed E-state index contributed by atoms with van der Waals surface area (Å²) >= 11 is 1.80. The molecule has 28 heavy (non-hydrogen) atoms. The lowest BCUT2D eigenvalue weighted by molar-refractivity contribution is -0.117. The number of nitrogens with zero attached hydrogens (tertiary/aromatic N) is 1. The van der Waals surface area contributed by atoms with E-state index in [-0.39, 0.29) is 16.7 Å². The summed E-state index contributed by atoms with van der Waals surface area (Å²) in [7, 11) is -1.92. The van der Waals surface area contributed by atoms with E-state index in [2.05, 4.69) is 57.0 Å². The van der Waals surface area contributed by atoms with Crippen molar-refractivity contribution in [2.75, 3.05) is 5.75 Å². The molecule has 0 fully saturated rings. The van der Waals surface area contributed by atoms with Crippen LogP contribution in [0, 0.1) is 0 Å². The molecule has 0 bridgehead atoms. The molecule has 5 heteroatoms. The quantitative estimate of drug-likeness (QED) is 0.568. The molecule has 1 aliphatic carbocycles. The maximum absolute atomic E-state index is 12.6. The fourth-order valence-corrected chi connectivity index (χ4v) is 5.86. The van der Waals surface area contributed by atoms with Gasteiger partial charge in [-0.25, -0.2) is 0 Å². The van der Waals surface area contributed by atoms with Gasteiger partial charge in [-0.3, -0.25) is 9.78 Å². The molecule has 2 aliphatic rings. The highest BCUT2D eigenvalue weighted by molar-refractivity contribution is 7.99. The van der Waals surface area contributed by atoms with Crippen LogP contribution >= 0.6 is 11.8 Å². The number of rotatable bonds is 3. The molecule has 1 aromatic heterocycles. The van der Waals surface area contributed by atoms with E-state index in [9.17, 15) is 4.79 Å². The van der Waals surface area contributed by atoms with Crippen molar-refractivity contribution in [1.29, 1.82) is 0 Å². The van der Waals surface area contributed by atoms with Gasteiger partial charge in [-0.1, -0.05) is 26.8 Å². The number of allylic oxidation sites excluding steroid dienone is 1. The van der Waals surface area contributed by atoms with Crippen LogP contribution in [0.5, 0.6) is 5.75 Å². The smallest absolute Gasteiger partial charge is 0.250 e. The van der Waals surface area contributed by atoms with Crippen molar-refractivity contribution in [3.63, 3.8) is 0 Å². The van der Waals surface area contributed by atoms with E-state index in [1.807, 2.05) is 18.3 Å². The zero-order valence-corrected chi connectivity index (χ0v) is 19.2. The molecule has 2 aromatic rings. The molecule has 1 aromatic carbocycles. The van der Waals surface area contributed by atoms with Crippen LogP contribution in [0.2, 0.25) is 18.1 Å². The fraction of sp³-hybridized carbons (Fsp3) is 0.391. The van der Waals surface area contributed by atoms with Crippen LogP contribution in [-0.4, -0.2) is 24.8 Å². The second kappa shape index (κ2) is 6.60. The van der Waals surface area contributed by atoms with Crippen molar-refractivity contribution in [3.05, 3.63) is 53.3 Å². The van der Waals surface area contributed by atoms with Crippen molar-refractivity contribution < 1.29 is 9.22 Å². The first-order valence-electron chi connectivity index (χ1n) is 9.75. The molecule has 3 nitrogen and oxygen atoms in total. The first-order valence-corrected chi connectivity index (χ1v) is 13.6. The van der Waals surface area contributed by atoms with E-state index in [1.165, 1.54) is 5.57 Å². The Kier molecular flexibility index (Phi) is 4.59. The number of pyridine rings is 1. The van der Waals surface area contributed by atoms with E-state index < -0.39 is 8.32 Å². The highest BCUT2D eigenvalue weighted by atomic mass is 32.2. The number of carbonyl (C=O) groups excluding carboxylic acids is 1. The average molecular weight is 410 g/mol. The Morgan fingerprint density at radius 1 is 1.25 bits per heavy atom. The standard InChI is InChI=1S/C23H27NO2SSi/c1-14(25)20-16-10-9-15(26-28(5,6)23(2,3)4)12-17(16)18-13-27-19-8-7-11-24-22(19)21(18)20/h7-12,20H,13H2,1-6H3. The van der Waals surface area contributed by atoms with Crippen LogP contribution < -0.4 is 4.43 Å². The average Bonchev–Trinajstić information content (AvgIpc) is 2.95. The lowest BCUT2D eigenvalue weighted by atomic mass is 9.90. The first-order chi connectivity index (χ1) is 13.1. The number of hydrogen-bond donors (Lipinski definition) is 0. The number of aromatic nitrogens is 1. The van der Waals surface area contributed by atoms with Gasteiger partial charge in [-0.05, 0) is 71.6 Å². The van der Waals surface area contributed by atoms with Gasteiger partial charge in [0.15, 0.2) is 0 Å². The second-order valence-corrected chi connectivity index (χ2v) is 14.9. The van der Waals surface area contributed by atoms with Gasteiger partial charge in [0.2, 0.25) is 8.32 Å². The Balaban J connectivity index is 1.82. The molecule has 0 saturated heterocycles. The summed E-state index contributed by atoms with van der Waals surface area (Å²) in [5, 5.41) is 0.141. The van der Waals surface area contributed by atoms with E-state index in [1.54, 1.807) is 18.7 Å². The Bertz CT molecular complexity index is 1000. The van der Waals surface area contributed by atoms with E-state index in [4.69, 9.17) is 4.43 Å². The summed E-state index contributed by atoms with van der Waals surface area (Å²) in [5.41, 5.74) is 5.57. The number of Topliss-reactive ketones (excluding diaryl/α,β-unsaturated/α-hetero) is 1. The SMILES string of the molecule is CC(=O)C1C2=C(CSc3cccnc32)c2cc(O[Si](C)(C)C(C)(C)C)ccc21. The lowest BCUT2D eigenvalue weighted by Crippen LogP contribution is -2.43. The Morgan fingerprint density at radius 3 is 2.68 bits per heavy atom. The highest BCUT2D eigenvalue weighted by Gasteiger charge is 2.41. The predicted molar refractivity (Wildman–Crippen MR) is 119 cm³/mol. The minimum Gasteiger partial charge on any atom is -0.543 e. The molecule has 1 atom stereocenters. The predicted octanol–water partition coefficient (Wildman–Crippen LogP) is 6.17. The molecule has 0 amide bonds. The summed E-state index contributed by atoms with van der Waals surface area (Å²) in [6.45, 7) is 13.0. The minimum absolute atomic E-state index is 0.141. The number of carbonyl (C=O) groups is 1. The van der Waals surface area contributed by atoms with Crippen LogP contribution in [0.3, 0.4) is 0 Å². The van der Waals surface area contributed by atoms with Gasteiger partial charge in [0, 0.05) is 16.8 Å². The molecule has 146 valence electrons. The number of hydrogen-bond acceptors (Lipinski definition) is 4. The lowest BCUT2D eigenvalue weighted by Gasteiger charge is -2.36. The van der Waals surface area contributed by atoms with Gasteiger partial charge in [-0.15, -0.1) is 11.8 Å². The summed E-state index contributed by atoms with van der Waals surface area (Å²) < 4.78 is 6.55. The monoisotopic (exact) mass is 409 g/mol. The molecular formula is C23H27NO2SSi. The van der Waals surface area contributed by atoms with Crippen LogP contribution in [0.25, 0.3) is 11.1 Å². The topological polar surface area (TPSA) is 39.2 Å². The van der Waals surface area contributed by atoms with Crippen molar-refractivity contribution in [2.24, 2.45) is 0 Å². The Morgan fingerprint density at radius 2 is 2.00 bits per heavy atom. The maximum atomic E-state index is 12.6. The molecule has 1 aliphatic heterocycles. The largest absolute Gasteiger partial charge is 0.543 e. The number of thioether (sulfide) groups is 1. The van der Waals surface area contributed by atoms with Gasteiger partial charge < -0.3 is 4.43 Å². The normalized spacial score (nSPS) is 18.4. The van der Waals surface area contributed by atoms with Crippen LogP contribution in [0.15, 0.2) is 41.4 Å². The Hall–Kier alpha value is -1.85. The fourth-order valence-electron chi connectivity index (χ4n) is 3.75. The van der Waals surface area contributed by atoms with Gasteiger partial charge in [0.1, 0.15) is 11.5 Å². The third kappa shape index (κ3) is 3.05. The maximum Gasteiger partial charge on any atom is 0.250 e. The molecular weight excluding hydrogens is 382 g/mol. The zero-order chi connectivity index (χ0) is 20.3. The molecule has 0 N–H and O–H groups in total. The van der Waals surface area contributed by atoms with Gasteiger partial charge >= 0.3 is 0 Å². The van der Waals surface area contributed by atoms with Gasteiger partial charge in [0.05, 0.1) is 11.6 Å². The van der Waals surface area contributed by atoms with Crippen LogP contribution in [-0.2, 0) is 4.79 Å². The summed E-state index contributed by atoms with van der Waals surface area (Å²) in [5.74, 6) is 1.74. The second-order valence-electron chi connectivity index (χ2n) is 9.19. The van der Waals surface area contributed by atoms with Gasteiger partial charge in [0.25, 0.3) is 0 Å². The Labute approximate surface area is 172 Å². The number of benzene rings is 1. The van der Waals surface area contributed by atoms with E-state index >= 15 is 0 Å². The zero-order valence-electron chi connectivity index (χ0n) is 17.4. The third-order valence-electron chi connectivity index (χ3n) is 6.26. The third-order valence-corrected chi connectivity index (χ3v) is 11.7. The van der Waals surface area contributed by atoms with Crippen molar-refractivity contribution in [3.8, 4) is 5.75 Å². The molecule has 0 spiro atoms. The molecule has 4 rings (SSSR count). The highest BCUT2D eigenvalue weighted by Crippen LogP contribution is 2.53. The molecule has 2 heterocycles. The first kappa shape index (κ1) is 19.5. The van der Waals surface area contributed by atoms with E-state index in [0.717, 1.165) is 38.8 Å². The summed E-state index contributed by atoms with van der Waals surface area (Å²) in [4.78, 5) is 18.4. The summed E-state index contributed by atoms with van der Waals surface area (Å²) in [6.07, 6.45) is 1.82. The van der Waals surface area contributed by atoms with Gasteiger partial charge in [-0.2, -0.15) is 0 Å². The molecule has 0 saturated carbocycles. The molecule has 1 unspecified atom stereocenters. The summed E-state index contributed by atoms with van der Waals surface area (Å²) in [6, 6.07) is 10.4. The van der Waals surface area contributed by atoms with Crippen molar-refractivity contribution >= 4 is 37.0 Å². The van der Waals surface area contributed by atoms with Crippen LogP contribution in [0.4, 0.5) is 0 Å². The number of ketones is 1. The van der Waals surface area contributed by atoms with E-state index in [0.29, 0.717) is 0 Å². The molecule has 0 radical (unpaired) electrons. The number of fused-ring (bicyclic) bond motifs is 4.